The first kappa shape index (κ1) is 54.1. The second-order valence-corrected chi connectivity index (χ2v) is 17.3. The highest BCUT2D eigenvalue weighted by molar-refractivity contribution is 7.47. The van der Waals surface area contributed by atoms with Crippen LogP contribution in [0.2, 0.25) is 0 Å². The average Bonchev–Trinajstić information content (AvgIpc) is 3.94. The Morgan fingerprint density at radius 2 is 1.17 bits per heavy atom. The second-order valence-electron chi connectivity index (χ2n) is 14.6. The number of rotatable bonds is 39. The minimum Gasteiger partial charge on any atom is -0.462 e. The first-order valence-electron chi connectivity index (χ1n) is 21.5. The van der Waals surface area contributed by atoms with Crippen molar-refractivity contribution >= 4 is 27.6 Å². The van der Waals surface area contributed by atoms with Gasteiger partial charge in [-0.2, -0.15) is 0 Å². The Balaban J connectivity index is 2.39. The second kappa shape index (κ2) is 34.7. The van der Waals surface area contributed by atoms with Crippen LogP contribution in [0.1, 0.15) is 155 Å². The maximum Gasteiger partial charge on any atom is 0.472 e. The SMILES string of the molecule is CC/C=C\C/C=C\C/C=C\CCCCCCCC(=O)OC[C@H](COP(=O)(O)OC[C@@H](O)COP(=O)(O)O)OC(=O)CCCCCCCC1OC1C/C=C\CCCCC. The molecule has 1 aliphatic heterocycles. The number of aliphatic hydroxyl groups is 1. The van der Waals surface area contributed by atoms with Gasteiger partial charge in [0.2, 0.25) is 0 Å². The summed E-state index contributed by atoms with van der Waals surface area (Å²) in [5.41, 5.74) is 0. The molecule has 0 bridgehead atoms. The van der Waals surface area contributed by atoms with Crippen molar-refractivity contribution in [3.8, 4) is 0 Å². The topological polar surface area (TPSA) is 208 Å². The summed E-state index contributed by atoms with van der Waals surface area (Å²) < 4.78 is 53.5. The minimum atomic E-state index is -4.87. The molecule has 0 aliphatic carbocycles. The number of unbranched alkanes of at least 4 members (excludes halogenated alkanes) is 12. The average molecular weight is 865 g/mol. The van der Waals surface area contributed by atoms with E-state index in [0.717, 1.165) is 96.3 Å². The summed E-state index contributed by atoms with van der Waals surface area (Å²) in [4.78, 5) is 52.7. The zero-order valence-corrected chi connectivity index (χ0v) is 36.9. The van der Waals surface area contributed by atoms with E-state index in [0.29, 0.717) is 25.0 Å². The highest BCUT2D eigenvalue weighted by atomic mass is 31.2. The number of phosphoric ester groups is 2. The summed E-state index contributed by atoms with van der Waals surface area (Å²) in [6.07, 6.45) is 35.5. The standard InChI is InChI=1S/C42H74O14P2/c1-3-5-7-9-11-12-13-14-15-16-17-18-19-23-27-31-41(44)51-35-38(36-54-58(49,50)53-34-37(43)33-52-57(46,47)48)55-42(45)32-28-24-20-22-26-30-40-39(56-40)29-25-21-10-8-6-4-2/h5,7,11-12,14-15,21,25,37-40,43H,3-4,6,8-10,13,16-20,22-24,26-36H2,1-2H3,(H,49,50)(H2,46,47,48)/b7-5-,12-11-,15-14-,25-21-/t37-,38+,39?,40?/m0/s1. The molecule has 336 valence electrons. The van der Waals surface area contributed by atoms with Crippen molar-refractivity contribution in [2.24, 2.45) is 0 Å². The van der Waals surface area contributed by atoms with Gasteiger partial charge in [0.05, 0.1) is 32.0 Å². The van der Waals surface area contributed by atoms with Crippen molar-refractivity contribution in [2.75, 3.05) is 26.4 Å². The van der Waals surface area contributed by atoms with E-state index in [1.807, 2.05) is 0 Å². The van der Waals surface area contributed by atoms with Crippen molar-refractivity contribution < 1.29 is 66.3 Å². The summed E-state index contributed by atoms with van der Waals surface area (Å²) >= 11 is 0. The van der Waals surface area contributed by atoms with Crippen LogP contribution in [0.3, 0.4) is 0 Å². The van der Waals surface area contributed by atoms with Crippen LogP contribution in [0, 0.1) is 0 Å². The Hall–Kier alpha value is -1.96. The highest BCUT2D eigenvalue weighted by Gasteiger charge is 2.36. The van der Waals surface area contributed by atoms with E-state index >= 15 is 0 Å². The van der Waals surface area contributed by atoms with Gasteiger partial charge in [-0.15, -0.1) is 0 Å². The lowest BCUT2D eigenvalue weighted by atomic mass is 10.1. The van der Waals surface area contributed by atoms with Gasteiger partial charge in [-0.25, -0.2) is 9.13 Å². The van der Waals surface area contributed by atoms with Crippen molar-refractivity contribution in [1.82, 2.24) is 0 Å². The normalized spacial score (nSPS) is 18.0. The van der Waals surface area contributed by atoms with Gasteiger partial charge in [-0.3, -0.25) is 23.2 Å². The molecule has 0 aromatic rings. The highest BCUT2D eigenvalue weighted by Crippen LogP contribution is 2.44. The van der Waals surface area contributed by atoms with Gasteiger partial charge in [-0.1, -0.05) is 120 Å². The number of ether oxygens (including phenoxy) is 3. The fourth-order valence-electron chi connectivity index (χ4n) is 5.78. The largest absolute Gasteiger partial charge is 0.472 e. The van der Waals surface area contributed by atoms with E-state index < -0.39 is 66.2 Å². The van der Waals surface area contributed by atoms with Crippen LogP contribution in [0.5, 0.6) is 0 Å². The van der Waals surface area contributed by atoms with Gasteiger partial charge in [0.1, 0.15) is 12.7 Å². The van der Waals surface area contributed by atoms with E-state index in [9.17, 15) is 28.7 Å². The van der Waals surface area contributed by atoms with Crippen molar-refractivity contribution in [1.29, 1.82) is 0 Å². The molecule has 1 heterocycles. The number of carbonyl (C=O) groups is 2. The Bertz CT molecular complexity index is 1280. The summed E-state index contributed by atoms with van der Waals surface area (Å²) in [5.74, 6) is -1.08. The molecule has 0 amide bonds. The Morgan fingerprint density at radius 1 is 0.621 bits per heavy atom. The van der Waals surface area contributed by atoms with E-state index in [1.54, 1.807) is 0 Å². The number of epoxide rings is 1. The van der Waals surface area contributed by atoms with Gasteiger partial charge in [0.15, 0.2) is 6.10 Å². The van der Waals surface area contributed by atoms with Crippen LogP contribution in [-0.2, 0) is 46.5 Å². The molecular formula is C42H74O14P2. The van der Waals surface area contributed by atoms with Crippen LogP contribution in [0.4, 0.5) is 0 Å². The summed E-state index contributed by atoms with van der Waals surface area (Å²) in [7, 11) is -9.69. The molecule has 0 aromatic carbocycles. The fraction of sp³-hybridized carbons (Fsp3) is 0.762. The van der Waals surface area contributed by atoms with Crippen molar-refractivity contribution in [3.05, 3.63) is 48.6 Å². The van der Waals surface area contributed by atoms with Gasteiger partial charge >= 0.3 is 27.6 Å². The van der Waals surface area contributed by atoms with E-state index in [2.05, 4.69) is 71.5 Å². The van der Waals surface area contributed by atoms with Crippen molar-refractivity contribution in [3.63, 3.8) is 0 Å². The maximum absolute atomic E-state index is 12.7. The molecule has 0 aromatic heterocycles. The van der Waals surface area contributed by atoms with Crippen LogP contribution >= 0.6 is 15.6 Å². The predicted octanol–water partition coefficient (Wildman–Crippen LogP) is 9.66. The molecular weight excluding hydrogens is 790 g/mol. The van der Waals surface area contributed by atoms with Crippen LogP contribution in [0.25, 0.3) is 0 Å². The number of hydrogen-bond donors (Lipinski definition) is 4. The third-order valence-corrected chi connectivity index (χ3v) is 10.6. The lowest BCUT2D eigenvalue weighted by Crippen LogP contribution is -2.30. The van der Waals surface area contributed by atoms with E-state index in [1.165, 1.54) is 19.3 Å². The molecule has 1 fully saturated rings. The molecule has 0 radical (unpaired) electrons. The molecule has 14 nitrogen and oxygen atoms in total. The third kappa shape index (κ3) is 34.9. The lowest BCUT2D eigenvalue weighted by Gasteiger charge is -2.20. The maximum atomic E-state index is 12.7. The van der Waals surface area contributed by atoms with Gasteiger partial charge in [0.25, 0.3) is 0 Å². The molecule has 16 heteroatoms. The number of allylic oxidation sites excluding steroid dienone is 7. The Kier molecular flexibility index (Phi) is 32.4. The van der Waals surface area contributed by atoms with Crippen LogP contribution in [-0.4, -0.2) is 82.6 Å². The summed E-state index contributed by atoms with van der Waals surface area (Å²) in [6.45, 7) is 1.56. The predicted molar refractivity (Wildman–Crippen MR) is 225 cm³/mol. The molecule has 4 N–H and O–H groups in total. The first-order valence-corrected chi connectivity index (χ1v) is 24.5. The fourth-order valence-corrected chi connectivity index (χ4v) is 6.94. The molecule has 58 heavy (non-hydrogen) atoms. The molecule has 3 unspecified atom stereocenters. The van der Waals surface area contributed by atoms with Crippen molar-refractivity contribution in [2.45, 2.75) is 180 Å². The Labute approximate surface area is 347 Å². The number of phosphoric acid groups is 2. The molecule has 0 saturated carbocycles. The Morgan fingerprint density at radius 3 is 1.84 bits per heavy atom. The first-order chi connectivity index (χ1) is 27.8. The number of carbonyl (C=O) groups excluding carboxylic acids is 2. The van der Waals surface area contributed by atoms with Gasteiger partial charge < -0.3 is 34.0 Å². The number of aliphatic hydroxyl groups excluding tert-OH is 1. The monoisotopic (exact) mass is 864 g/mol. The molecule has 0 spiro atoms. The third-order valence-electron chi connectivity index (χ3n) is 9.12. The van der Waals surface area contributed by atoms with Gasteiger partial charge in [-0.05, 0) is 70.6 Å². The van der Waals surface area contributed by atoms with E-state index in [4.69, 9.17) is 28.5 Å². The minimum absolute atomic E-state index is 0.103. The quantitative estimate of drug-likeness (QED) is 0.0149. The van der Waals surface area contributed by atoms with Crippen LogP contribution < -0.4 is 0 Å². The number of hydrogen-bond acceptors (Lipinski definition) is 11. The lowest BCUT2D eigenvalue weighted by molar-refractivity contribution is -0.161. The summed E-state index contributed by atoms with van der Waals surface area (Å²) in [5, 5.41) is 9.74. The number of esters is 2. The molecule has 1 aliphatic rings. The van der Waals surface area contributed by atoms with Gasteiger partial charge in [0, 0.05) is 12.8 Å². The smallest absolute Gasteiger partial charge is 0.462 e. The zero-order chi connectivity index (χ0) is 42.7. The van der Waals surface area contributed by atoms with E-state index in [-0.39, 0.29) is 12.8 Å². The molecule has 1 rings (SSSR count). The van der Waals surface area contributed by atoms with Crippen LogP contribution in [0.15, 0.2) is 48.6 Å². The molecule has 5 atom stereocenters. The molecule has 1 saturated heterocycles. The zero-order valence-electron chi connectivity index (χ0n) is 35.1. The summed E-state index contributed by atoms with van der Waals surface area (Å²) in [6, 6.07) is 0.